The van der Waals surface area contributed by atoms with Crippen molar-refractivity contribution in [3.05, 3.63) is 12.8 Å². The highest BCUT2D eigenvalue weighted by Gasteiger charge is 1.97. The lowest BCUT2D eigenvalue weighted by atomic mass is 10.2. The molecule has 0 N–H and O–H groups in total. The second kappa shape index (κ2) is 6.02. The largest absolute Gasteiger partial charge is 0.502 e. The topological polar surface area (TPSA) is 9.23 Å². The summed E-state index contributed by atoms with van der Waals surface area (Å²) in [6.45, 7) is 6.43. The Balaban J connectivity index is 3.04. The number of rotatable bonds is 5. The van der Waals surface area contributed by atoms with Crippen LogP contribution < -0.4 is 0 Å². The molecule has 1 atom stereocenters. The molecule has 0 saturated heterocycles. The van der Waals surface area contributed by atoms with E-state index >= 15 is 0 Å². The van der Waals surface area contributed by atoms with E-state index in [-0.39, 0.29) is 0 Å². The zero-order valence-electron chi connectivity index (χ0n) is 6.09. The lowest BCUT2D eigenvalue weighted by molar-refractivity contribution is 0.214. The standard InChI is InChI=1S/C7H14OS/c1-4-8-5-7(2)6-9-3/h4,7H,1,5-6H2,2-3H3. The van der Waals surface area contributed by atoms with Gasteiger partial charge in [0.2, 0.25) is 0 Å². The maximum atomic E-state index is 5.00. The number of ether oxygens (including phenoxy) is 1. The Morgan fingerprint density at radius 2 is 2.44 bits per heavy atom. The van der Waals surface area contributed by atoms with Gasteiger partial charge in [-0.3, -0.25) is 0 Å². The van der Waals surface area contributed by atoms with E-state index in [9.17, 15) is 0 Å². The minimum atomic E-state index is 0.637. The first-order chi connectivity index (χ1) is 4.31. The zero-order chi connectivity index (χ0) is 7.11. The van der Waals surface area contributed by atoms with Crippen LogP contribution in [0.1, 0.15) is 6.92 Å². The fourth-order valence-electron chi connectivity index (χ4n) is 0.565. The Bertz CT molecular complexity index is 73.3. The zero-order valence-corrected chi connectivity index (χ0v) is 6.91. The lowest BCUT2D eigenvalue weighted by Gasteiger charge is -2.07. The van der Waals surface area contributed by atoms with Gasteiger partial charge in [0.1, 0.15) is 0 Å². The van der Waals surface area contributed by atoms with Gasteiger partial charge in [-0.2, -0.15) is 11.8 Å². The van der Waals surface area contributed by atoms with E-state index in [1.54, 1.807) is 0 Å². The Hall–Kier alpha value is -0.110. The van der Waals surface area contributed by atoms with Gasteiger partial charge in [0, 0.05) is 0 Å². The van der Waals surface area contributed by atoms with Crippen molar-refractivity contribution in [1.82, 2.24) is 0 Å². The summed E-state index contributed by atoms with van der Waals surface area (Å²) in [5, 5.41) is 0. The van der Waals surface area contributed by atoms with Crippen LogP contribution in [-0.2, 0) is 4.74 Å². The first kappa shape index (κ1) is 8.89. The fraction of sp³-hybridized carbons (Fsp3) is 0.714. The molecule has 0 bridgehead atoms. The van der Waals surface area contributed by atoms with Crippen LogP contribution in [0.25, 0.3) is 0 Å². The molecule has 0 aliphatic heterocycles. The fourth-order valence-corrected chi connectivity index (χ4v) is 1.23. The third kappa shape index (κ3) is 5.77. The monoisotopic (exact) mass is 146 g/mol. The molecule has 0 fully saturated rings. The number of thioether (sulfide) groups is 1. The van der Waals surface area contributed by atoms with Crippen LogP contribution in [0, 0.1) is 5.92 Å². The Kier molecular flexibility index (Phi) is 5.94. The molecule has 0 saturated carbocycles. The van der Waals surface area contributed by atoms with E-state index < -0.39 is 0 Å². The summed E-state index contributed by atoms with van der Waals surface area (Å²) in [4.78, 5) is 0. The molecule has 0 aromatic carbocycles. The highest BCUT2D eigenvalue weighted by molar-refractivity contribution is 7.98. The third-order valence-corrected chi connectivity index (χ3v) is 1.85. The molecule has 0 amide bonds. The van der Waals surface area contributed by atoms with Crippen LogP contribution in [-0.4, -0.2) is 18.6 Å². The van der Waals surface area contributed by atoms with Crippen molar-refractivity contribution < 1.29 is 4.74 Å². The number of hydrogen-bond donors (Lipinski definition) is 0. The highest BCUT2D eigenvalue weighted by atomic mass is 32.2. The summed E-state index contributed by atoms with van der Waals surface area (Å²) in [6, 6.07) is 0. The maximum Gasteiger partial charge on any atom is 0.0906 e. The van der Waals surface area contributed by atoms with Crippen LogP contribution >= 0.6 is 11.8 Å². The summed E-state index contributed by atoms with van der Waals surface area (Å²) < 4.78 is 5.00. The van der Waals surface area contributed by atoms with E-state index in [0.717, 1.165) is 12.4 Å². The molecule has 9 heavy (non-hydrogen) atoms. The first-order valence-electron chi connectivity index (χ1n) is 3.02. The van der Waals surface area contributed by atoms with Gasteiger partial charge in [-0.1, -0.05) is 13.5 Å². The van der Waals surface area contributed by atoms with Gasteiger partial charge in [0.25, 0.3) is 0 Å². The van der Waals surface area contributed by atoms with E-state index in [2.05, 4.69) is 19.8 Å². The minimum absolute atomic E-state index is 0.637. The Labute approximate surface area is 61.5 Å². The second-order valence-electron chi connectivity index (χ2n) is 2.06. The van der Waals surface area contributed by atoms with Crippen LogP contribution in [0.3, 0.4) is 0 Å². The van der Waals surface area contributed by atoms with Gasteiger partial charge < -0.3 is 4.74 Å². The van der Waals surface area contributed by atoms with E-state index in [1.807, 2.05) is 11.8 Å². The summed E-state index contributed by atoms with van der Waals surface area (Å²) >= 11 is 1.85. The van der Waals surface area contributed by atoms with Crippen LogP contribution in [0.15, 0.2) is 12.8 Å². The molecular weight excluding hydrogens is 132 g/mol. The molecule has 2 heteroatoms. The molecule has 0 aromatic heterocycles. The lowest BCUT2D eigenvalue weighted by Crippen LogP contribution is -2.04. The van der Waals surface area contributed by atoms with Crippen molar-refractivity contribution in [2.75, 3.05) is 18.6 Å². The summed E-state index contributed by atoms with van der Waals surface area (Å²) in [7, 11) is 0. The van der Waals surface area contributed by atoms with E-state index in [4.69, 9.17) is 4.74 Å². The normalized spacial score (nSPS) is 12.7. The highest BCUT2D eigenvalue weighted by Crippen LogP contribution is 2.03. The van der Waals surface area contributed by atoms with Gasteiger partial charge >= 0.3 is 0 Å². The predicted molar refractivity (Wildman–Crippen MR) is 43.7 cm³/mol. The molecule has 1 unspecified atom stereocenters. The van der Waals surface area contributed by atoms with Crippen molar-refractivity contribution in [1.29, 1.82) is 0 Å². The van der Waals surface area contributed by atoms with Gasteiger partial charge in [0.15, 0.2) is 0 Å². The van der Waals surface area contributed by atoms with E-state index in [0.29, 0.717) is 5.92 Å². The minimum Gasteiger partial charge on any atom is -0.502 e. The SMILES string of the molecule is C=COCC(C)CSC. The molecule has 0 spiro atoms. The smallest absolute Gasteiger partial charge is 0.0906 e. The quantitative estimate of drug-likeness (QED) is 0.550. The second-order valence-corrected chi connectivity index (χ2v) is 2.97. The van der Waals surface area contributed by atoms with E-state index in [1.165, 1.54) is 6.26 Å². The average Bonchev–Trinajstić information content (AvgIpc) is 1.85. The van der Waals surface area contributed by atoms with Crippen LogP contribution in [0.4, 0.5) is 0 Å². The maximum absolute atomic E-state index is 5.00. The summed E-state index contributed by atoms with van der Waals surface area (Å²) in [5.74, 6) is 1.80. The first-order valence-corrected chi connectivity index (χ1v) is 4.42. The summed E-state index contributed by atoms with van der Waals surface area (Å²) in [6.07, 6.45) is 3.60. The van der Waals surface area contributed by atoms with Gasteiger partial charge in [0.05, 0.1) is 12.9 Å². The molecular formula is C7H14OS. The van der Waals surface area contributed by atoms with Crippen molar-refractivity contribution >= 4 is 11.8 Å². The predicted octanol–water partition coefficient (Wildman–Crippen LogP) is 2.15. The molecule has 54 valence electrons. The molecule has 0 radical (unpaired) electrons. The van der Waals surface area contributed by atoms with Gasteiger partial charge in [-0.25, -0.2) is 0 Å². The third-order valence-electron chi connectivity index (χ3n) is 0.950. The van der Waals surface area contributed by atoms with Gasteiger partial charge in [-0.15, -0.1) is 0 Å². The van der Waals surface area contributed by atoms with Crippen molar-refractivity contribution in [3.63, 3.8) is 0 Å². The average molecular weight is 146 g/mol. The molecule has 0 heterocycles. The van der Waals surface area contributed by atoms with Crippen molar-refractivity contribution in [2.24, 2.45) is 5.92 Å². The Morgan fingerprint density at radius 3 is 2.89 bits per heavy atom. The molecule has 0 aliphatic rings. The molecule has 0 rings (SSSR count). The van der Waals surface area contributed by atoms with Crippen LogP contribution in [0.5, 0.6) is 0 Å². The van der Waals surface area contributed by atoms with Crippen LogP contribution in [0.2, 0.25) is 0 Å². The summed E-state index contributed by atoms with van der Waals surface area (Å²) in [5.41, 5.74) is 0. The Morgan fingerprint density at radius 1 is 1.78 bits per heavy atom. The molecule has 0 aliphatic carbocycles. The number of hydrogen-bond acceptors (Lipinski definition) is 2. The van der Waals surface area contributed by atoms with Crippen molar-refractivity contribution in [2.45, 2.75) is 6.92 Å². The molecule has 0 aromatic rings. The molecule has 1 nitrogen and oxygen atoms in total. The van der Waals surface area contributed by atoms with Gasteiger partial charge in [-0.05, 0) is 17.9 Å². The van der Waals surface area contributed by atoms with Crippen molar-refractivity contribution in [3.8, 4) is 0 Å².